The van der Waals surface area contributed by atoms with Gasteiger partial charge in [0.25, 0.3) is 5.91 Å². The van der Waals surface area contributed by atoms with Crippen LogP contribution in [0.5, 0.6) is 0 Å². The Hall–Kier alpha value is -2.00. The zero-order chi connectivity index (χ0) is 23.2. The number of hydrogen-bond acceptors (Lipinski definition) is 5. The van der Waals surface area contributed by atoms with Crippen LogP contribution in [-0.2, 0) is 19.6 Å². The molecule has 0 atom stereocenters. The van der Waals surface area contributed by atoms with E-state index in [4.69, 9.17) is 4.74 Å². The number of benzene rings is 1. The normalized spacial score (nSPS) is 15.3. The summed E-state index contributed by atoms with van der Waals surface area (Å²) in [7, 11) is -4.05. The van der Waals surface area contributed by atoms with Gasteiger partial charge >= 0.3 is 5.97 Å². The van der Waals surface area contributed by atoms with Gasteiger partial charge in [-0.3, -0.25) is 4.79 Å². The average molecular weight is 457 g/mol. The number of halogens is 1. The van der Waals surface area contributed by atoms with Gasteiger partial charge in [0, 0.05) is 26.2 Å². The fourth-order valence-electron chi connectivity index (χ4n) is 3.53. The van der Waals surface area contributed by atoms with Crippen LogP contribution in [0.4, 0.5) is 4.39 Å². The summed E-state index contributed by atoms with van der Waals surface area (Å²) in [5.74, 6) is -1.58. The molecule has 1 aromatic carbocycles. The van der Waals surface area contributed by atoms with Gasteiger partial charge in [0.05, 0.1) is 5.56 Å². The van der Waals surface area contributed by atoms with E-state index in [-0.39, 0.29) is 23.3 Å². The molecule has 0 unspecified atom stereocenters. The first-order valence-electron chi connectivity index (χ1n) is 10.8. The molecular formula is C22H33FN2O5S. The van der Waals surface area contributed by atoms with Gasteiger partial charge in [0.2, 0.25) is 10.0 Å². The highest BCUT2D eigenvalue weighted by Gasteiger charge is 2.30. The van der Waals surface area contributed by atoms with Crippen LogP contribution >= 0.6 is 0 Å². The van der Waals surface area contributed by atoms with Crippen molar-refractivity contribution in [3.63, 3.8) is 0 Å². The van der Waals surface area contributed by atoms with Gasteiger partial charge in [-0.2, -0.15) is 4.31 Å². The number of amides is 1. The molecule has 1 aliphatic heterocycles. The molecule has 2 rings (SSSR count). The molecule has 1 aromatic rings. The van der Waals surface area contributed by atoms with Crippen LogP contribution in [0.3, 0.4) is 0 Å². The van der Waals surface area contributed by atoms with Crippen molar-refractivity contribution >= 4 is 21.9 Å². The van der Waals surface area contributed by atoms with Crippen molar-refractivity contribution in [1.82, 2.24) is 9.21 Å². The molecule has 1 aliphatic rings. The first kappa shape index (κ1) is 25.3. The monoisotopic (exact) mass is 456 g/mol. The number of nitrogens with zero attached hydrogens (tertiary/aromatic N) is 2. The fourth-order valence-corrected chi connectivity index (χ4v) is 5.14. The summed E-state index contributed by atoms with van der Waals surface area (Å²) < 4.78 is 46.3. The molecule has 9 heteroatoms. The van der Waals surface area contributed by atoms with Gasteiger partial charge in [0.1, 0.15) is 10.7 Å². The Morgan fingerprint density at radius 1 is 1.06 bits per heavy atom. The third-order valence-corrected chi connectivity index (χ3v) is 6.86. The van der Waals surface area contributed by atoms with E-state index in [9.17, 15) is 22.4 Å². The van der Waals surface area contributed by atoms with E-state index in [1.165, 1.54) is 4.31 Å². The Morgan fingerprint density at radius 2 is 1.65 bits per heavy atom. The van der Waals surface area contributed by atoms with Crippen LogP contribution in [0.25, 0.3) is 0 Å². The highest BCUT2D eigenvalue weighted by molar-refractivity contribution is 7.89. The fraction of sp³-hybridized carbons (Fsp3) is 0.636. The average Bonchev–Trinajstić information content (AvgIpc) is 2.71. The Morgan fingerprint density at radius 3 is 2.19 bits per heavy atom. The van der Waals surface area contributed by atoms with Crippen LogP contribution in [0, 0.1) is 17.7 Å². The van der Waals surface area contributed by atoms with E-state index >= 15 is 0 Å². The van der Waals surface area contributed by atoms with Gasteiger partial charge in [-0.25, -0.2) is 17.6 Å². The van der Waals surface area contributed by atoms with E-state index in [1.807, 2.05) is 27.7 Å². The molecule has 0 N–H and O–H groups in total. The van der Waals surface area contributed by atoms with E-state index in [0.29, 0.717) is 39.0 Å². The van der Waals surface area contributed by atoms with E-state index in [2.05, 4.69) is 0 Å². The molecule has 0 aliphatic carbocycles. The molecule has 1 heterocycles. The second kappa shape index (κ2) is 11.0. The largest absolute Gasteiger partial charge is 0.452 e. The number of carbonyl (C=O) groups is 2. The number of piperidine rings is 1. The van der Waals surface area contributed by atoms with Crippen LogP contribution in [-0.4, -0.2) is 62.3 Å². The third-order valence-electron chi connectivity index (χ3n) is 4.95. The lowest BCUT2D eigenvalue weighted by molar-refractivity contribution is -0.135. The smallest absolute Gasteiger partial charge is 0.338 e. The Bertz CT molecular complexity index is 870. The van der Waals surface area contributed by atoms with Gasteiger partial charge in [-0.15, -0.1) is 0 Å². The van der Waals surface area contributed by atoms with Crippen molar-refractivity contribution in [2.75, 3.05) is 32.8 Å². The van der Waals surface area contributed by atoms with Crippen molar-refractivity contribution in [2.45, 2.75) is 51.9 Å². The maximum atomic E-state index is 14.3. The topological polar surface area (TPSA) is 84.0 Å². The minimum Gasteiger partial charge on any atom is -0.452 e. The number of rotatable bonds is 9. The highest BCUT2D eigenvalue weighted by Crippen LogP contribution is 2.24. The summed E-state index contributed by atoms with van der Waals surface area (Å²) in [6.07, 6.45) is 2.36. The van der Waals surface area contributed by atoms with Gasteiger partial charge in [0.15, 0.2) is 6.61 Å². The molecule has 0 saturated carbocycles. The Balaban J connectivity index is 2.12. The zero-order valence-corrected chi connectivity index (χ0v) is 19.6. The molecule has 0 aromatic heterocycles. The summed E-state index contributed by atoms with van der Waals surface area (Å²) in [4.78, 5) is 26.1. The third kappa shape index (κ3) is 7.00. The summed E-state index contributed by atoms with van der Waals surface area (Å²) in [5, 5.41) is 0. The lowest BCUT2D eigenvalue weighted by Gasteiger charge is -2.26. The first-order chi connectivity index (χ1) is 14.5. The molecule has 1 fully saturated rings. The molecule has 7 nitrogen and oxygen atoms in total. The van der Waals surface area contributed by atoms with Crippen molar-refractivity contribution < 1.29 is 27.1 Å². The van der Waals surface area contributed by atoms with Crippen molar-refractivity contribution in [2.24, 2.45) is 11.8 Å². The number of esters is 1. The maximum Gasteiger partial charge on any atom is 0.338 e. The Labute approximate surface area is 184 Å². The molecular weight excluding hydrogens is 423 g/mol. The lowest BCUT2D eigenvalue weighted by atomic mass is 10.1. The SMILES string of the molecule is CC(C)CN(CC(C)C)C(=O)COC(=O)c1ccc(F)c(S(=O)(=O)N2CCCCC2)c1. The van der Waals surface area contributed by atoms with Gasteiger partial charge in [-0.05, 0) is 42.9 Å². The summed E-state index contributed by atoms with van der Waals surface area (Å²) in [5.41, 5.74) is -0.107. The highest BCUT2D eigenvalue weighted by atomic mass is 32.2. The van der Waals surface area contributed by atoms with E-state index < -0.39 is 33.3 Å². The van der Waals surface area contributed by atoms with Crippen molar-refractivity contribution in [3.05, 3.63) is 29.6 Å². The number of carbonyl (C=O) groups excluding carboxylic acids is 2. The van der Waals surface area contributed by atoms with Crippen molar-refractivity contribution in [1.29, 1.82) is 0 Å². The molecule has 0 bridgehead atoms. The predicted molar refractivity (Wildman–Crippen MR) is 116 cm³/mol. The minimum absolute atomic E-state index is 0.107. The second-order valence-electron chi connectivity index (χ2n) is 8.77. The lowest BCUT2D eigenvalue weighted by Crippen LogP contribution is -2.39. The van der Waals surface area contributed by atoms with E-state index in [0.717, 1.165) is 24.6 Å². The molecule has 0 spiro atoms. The standard InChI is InChI=1S/C22H33FN2O5S/c1-16(2)13-24(14-17(3)4)21(26)15-30-22(27)18-8-9-19(23)20(12-18)31(28,29)25-10-6-5-7-11-25/h8-9,12,16-17H,5-7,10-11,13-15H2,1-4H3. The number of hydrogen-bond donors (Lipinski definition) is 0. The number of ether oxygens (including phenoxy) is 1. The van der Waals surface area contributed by atoms with Crippen molar-refractivity contribution in [3.8, 4) is 0 Å². The Kier molecular flexibility index (Phi) is 9.00. The van der Waals surface area contributed by atoms with Crippen LogP contribution in [0.2, 0.25) is 0 Å². The maximum absolute atomic E-state index is 14.3. The van der Waals surface area contributed by atoms with Gasteiger partial charge < -0.3 is 9.64 Å². The van der Waals surface area contributed by atoms with Gasteiger partial charge in [-0.1, -0.05) is 34.1 Å². The summed E-state index contributed by atoms with van der Waals surface area (Å²) >= 11 is 0. The van der Waals surface area contributed by atoms with Crippen LogP contribution in [0.15, 0.2) is 23.1 Å². The molecule has 1 saturated heterocycles. The quantitative estimate of drug-likeness (QED) is 0.533. The second-order valence-corrected chi connectivity index (χ2v) is 10.7. The molecule has 31 heavy (non-hydrogen) atoms. The first-order valence-corrected chi connectivity index (χ1v) is 12.2. The predicted octanol–water partition coefficient (Wildman–Crippen LogP) is 3.30. The van der Waals surface area contributed by atoms with E-state index in [1.54, 1.807) is 4.90 Å². The van der Waals surface area contributed by atoms with Crippen LogP contribution < -0.4 is 0 Å². The number of sulfonamides is 1. The van der Waals surface area contributed by atoms with Crippen LogP contribution in [0.1, 0.15) is 57.3 Å². The molecule has 1 amide bonds. The summed E-state index contributed by atoms with van der Waals surface area (Å²) in [6.45, 7) is 9.27. The minimum atomic E-state index is -4.05. The summed E-state index contributed by atoms with van der Waals surface area (Å²) in [6, 6.07) is 3.10. The molecule has 174 valence electrons. The zero-order valence-electron chi connectivity index (χ0n) is 18.8. The molecule has 0 radical (unpaired) electrons.